The molecule has 0 saturated heterocycles. The van der Waals surface area contributed by atoms with E-state index in [1.54, 1.807) is 18.2 Å². The van der Waals surface area contributed by atoms with Crippen LogP contribution >= 0.6 is 0 Å². The molecular weight excluding hydrogens is 247 g/mol. The predicted molar refractivity (Wildman–Crippen MR) is 71.3 cm³/mol. The number of carbonyl (C=O) groups excluding carboxylic acids is 1. The summed E-state index contributed by atoms with van der Waals surface area (Å²) in [4.78, 5) is 13.9. The lowest BCUT2D eigenvalue weighted by atomic mass is 10.3. The number of hydrogen-bond donors (Lipinski definition) is 2. The Morgan fingerprint density at radius 2 is 2.11 bits per heavy atom. The summed E-state index contributed by atoms with van der Waals surface area (Å²) in [6.07, 6.45) is 2.58. The molecule has 1 saturated carbocycles. The number of halogens is 1. The van der Waals surface area contributed by atoms with Crippen LogP contribution in [0.25, 0.3) is 0 Å². The van der Waals surface area contributed by atoms with E-state index in [2.05, 4.69) is 10.2 Å². The van der Waals surface area contributed by atoms with Crippen molar-refractivity contribution < 1.29 is 14.3 Å². The first-order valence-corrected chi connectivity index (χ1v) is 6.60. The Hall–Kier alpha value is -1.46. The second-order valence-electron chi connectivity index (χ2n) is 4.77. The number of nitrogens with one attached hydrogen (secondary N) is 1. The largest absolute Gasteiger partial charge is 0.395 e. The number of hydrogen-bond acceptors (Lipinski definition) is 3. The van der Waals surface area contributed by atoms with Gasteiger partial charge in [0, 0.05) is 25.6 Å². The normalized spacial score (nSPS) is 14.7. The van der Waals surface area contributed by atoms with Crippen LogP contribution in [-0.2, 0) is 4.79 Å². The number of benzene rings is 1. The third kappa shape index (κ3) is 4.29. The number of rotatable bonds is 7. The van der Waals surface area contributed by atoms with E-state index < -0.39 is 5.82 Å². The number of nitrogens with zero attached hydrogens (tertiary/aromatic N) is 1. The van der Waals surface area contributed by atoms with Crippen LogP contribution < -0.4 is 5.32 Å². The third-order valence-electron chi connectivity index (χ3n) is 3.22. The van der Waals surface area contributed by atoms with Gasteiger partial charge >= 0.3 is 0 Å². The average Bonchev–Trinajstić information content (AvgIpc) is 3.21. The highest BCUT2D eigenvalue weighted by Crippen LogP contribution is 2.26. The molecular formula is C14H19FN2O2. The number of anilines is 1. The van der Waals surface area contributed by atoms with Crippen LogP contribution in [0.4, 0.5) is 10.1 Å². The minimum Gasteiger partial charge on any atom is -0.395 e. The highest BCUT2D eigenvalue weighted by molar-refractivity contribution is 5.90. The van der Waals surface area contributed by atoms with Gasteiger partial charge in [0.2, 0.25) is 5.91 Å². The summed E-state index contributed by atoms with van der Waals surface area (Å²) >= 11 is 0. The molecule has 1 aliphatic rings. The van der Waals surface area contributed by atoms with Gasteiger partial charge in [0.05, 0.1) is 12.3 Å². The Morgan fingerprint density at radius 3 is 2.74 bits per heavy atom. The molecule has 0 heterocycles. The van der Waals surface area contributed by atoms with Crippen molar-refractivity contribution in [2.24, 2.45) is 0 Å². The first-order valence-electron chi connectivity index (χ1n) is 6.60. The van der Waals surface area contributed by atoms with Crippen LogP contribution in [0.3, 0.4) is 0 Å². The summed E-state index contributed by atoms with van der Waals surface area (Å²) in [5.74, 6) is -0.626. The number of aliphatic hydroxyl groups is 1. The molecule has 19 heavy (non-hydrogen) atoms. The van der Waals surface area contributed by atoms with Crippen molar-refractivity contribution in [2.45, 2.75) is 25.3 Å². The molecule has 4 nitrogen and oxygen atoms in total. The summed E-state index contributed by atoms with van der Waals surface area (Å²) in [6, 6.07) is 6.63. The van der Waals surface area contributed by atoms with Crippen molar-refractivity contribution in [1.29, 1.82) is 0 Å². The van der Waals surface area contributed by atoms with E-state index in [1.165, 1.54) is 6.07 Å². The Labute approximate surface area is 112 Å². The van der Waals surface area contributed by atoms with Crippen molar-refractivity contribution in [3.05, 3.63) is 30.1 Å². The fourth-order valence-corrected chi connectivity index (χ4v) is 2.07. The summed E-state index contributed by atoms with van der Waals surface area (Å²) in [7, 11) is 0. The van der Waals surface area contributed by atoms with Crippen LogP contribution in [0.2, 0.25) is 0 Å². The molecule has 2 N–H and O–H groups in total. The van der Waals surface area contributed by atoms with E-state index in [9.17, 15) is 9.18 Å². The molecule has 0 unspecified atom stereocenters. The van der Waals surface area contributed by atoms with Gasteiger partial charge in [-0.2, -0.15) is 0 Å². The quantitative estimate of drug-likeness (QED) is 0.788. The average molecular weight is 266 g/mol. The molecule has 2 rings (SSSR count). The van der Waals surface area contributed by atoms with E-state index in [4.69, 9.17) is 5.11 Å². The van der Waals surface area contributed by atoms with Crippen LogP contribution in [0.15, 0.2) is 24.3 Å². The second kappa shape index (κ2) is 6.63. The molecule has 1 fully saturated rings. The standard InChI is InChI=1S/C14H19FN2O2/c15-12-3-1-2-4-13(12)16-14(19)7-8-17(9-10-18)11-5-6-11/h1-4,11,18H,5-10H2,(H,16,19). The topological polar surface area (TPSA) is 52.6 Å². The smallest absolute Gasteiger partial charge is 0.225 e. The number of aliphatic hydroxyl groups excluding tert-OH is 1. The molecule has 5 heteroatoms. The van der Waals surface area contributed by atoms with Gasteiger partial charge in [0.15, 0.2) is 0 Å². The molecule has 1 aliphatic carbocycles. The maximum absolute atomic E-state index is 13.3. The molecule has 1 aromatic rings. The zero-order chi connectivity index (χ0) is 13.7. The minimum atomic E-state index is -0.426. The van der Waals surface area contributed by atoms with Crippen molar-refractivity contribution in [2.75, 3.05) is 25.0 Å². The maximum Gasteiger partial charge on any atom is 0.225 e. The Balaban J connectivity index is 1.79. The molecule has 1 amide bonds. The van der Waals surface area contributed by atoms with Crippen LogP contribution in [0, 0.1) is 5.82 Å². The van der Waals surface area contributed by atoms with E-state index in [0.29, 0.717) is 25.6 Å². The fourth-order valence-electron chi connectivity index (χ4n) is 2.07. The maximum atomic E-state index is 13.3. The van der Waals surface area contributed by atoms with Gasteiger partial charge in [-0.1, -0.05) is 12.1 Å². The lowest BCUT2D eigenvalue weighted by molar-refractivity contribution is -0.116. The van der Waals surface area contributed by atoms with Crippen LogP contribution in [0.5, 0.6) is 0 Å². The van der Waals surface area contributed by atoms with E-state index in [-0.39, 0.29) is 18.2 Å². The van der Waals surface area contributed by atoms with Gasteiger partial charge in [-0.3, -0.25) is 9.69 Å². The summed E-state index contributed by atoms with van der Waals surface area (Å²) < 4.78 is 13.3. The van der Waals surface area contributed by atoms with Gasteiger partial charge in [0.1, 0.15) is 5.82 Å². The number of para-hydroxylation sites is 1. The monoisotopic (exact) mass is 266 g/mol. The van der Waals surface area contributed by atoms with Gasteiger partial charge in [0.25, 0.3) is 0 Å². The third-order valence-corrected chi connectivity index (χ3v) is 3.22. The van der Waals surface area contributed by atoms with Crippen LogP contribution in [0.1, 0.15) is 19.3 Å². The molecule has 0 radical (unpaired) electrons. The Kier molecular flexibility index (Phi) is 4.87. The second-order valence-corrected chi connectivity index (χ2v) is 4.77. The van der Waals surface area contributed by atoms with Gasteiger partial charge < -0.3 is 10.4 Å². The SMILES string of the molecule is O=C(CCN(CCO)C1CC1)Nc1ccccc1F. The van der Waals surface area contributed by atoms with Crippen molar-refractivity contribution >= 4 is 11.6 Å². The van der Waals surface area contributed by atoms with Crippen molar-refractivity contribution in [1.82, 2.24) is 4.90 Å². The van der Waals surface area contributed by atoms with Gasteiger partial charge in [-0.05, 0) is 25.0 Å². The van der Waals surface area contributed by atoms with Crippen molar-refractivity contribution in [3.63, 3.8) is 0 Å². The first-order chi connectivity index (χ1) is 9.20. The van der Waals surface area contributed by atoms with Crippen LogP contribution in [-0.4, -0.2) is 41.7 Å². The molecule has 0 atom stereocenters. The number of amides is 1. The molecule has 0 bridgehead atoms. The predicted octanol–water partition coefficient (Wildman–Crippen LogP) is 1.61. The molecule has 0 spiro atoms. The Bertz CT molecular complexity index is 435. The fraction of sp³-hybridized carbons (Fsp3) is 0.500. The highest BCUT2D eigenvalue weighted by atomic mass is 19.1. The zero-order valence-corrected chi connectivity index (χ0v) is 10.8. The molecule has 1 aromatic carbocycles. The van der Waals surface area contributed by atoms with E-state index in [0.717, 1.165) is 12.8 Å². The van der Waals surface area contributed by atoms with E-state index in [1.807, 2.05) is 0 Å². The highest BCUT2D eigenvalue weighted by Gasteiger charge is 2.28. The van der Waals surface area contributed by atoms with E-state index >= 15 is 0 Å². The molecule has 104 valence electrons. The van der Waals surface area contributed by atoms with Crippen molar-refractivity contribution in [3.8, 4) is 0 Å². The minimum absolute atomic E-state index is 0.103. The van der Waals surface area contributed by atoms with Gasteiger partial charge in [-0.25, -0.2) is 4.39 Å². The van der Waals surface area contributed by atoms with Gasteiger partial charge in [-0.15, -0.1) is 0 Å². The summed E-state index contributed by atoms with van der Waals surface area (Å²) in [5.41, 5.74) is 0.215. The Morgan fingerprint density at radius 1 is 1.37 bits per heavy atom. The summed E-state index contributed by atoms with van der Waals surface area (Å²) in [6.45, 7) is 1.30. The lowest BCUT2D eigenvalue weighted by Gasteiger charge is -2.20. The summed E-state index contributed by atoms with van der Waals surface area (Å²) in [5, 5.41) is 11.5. The first kappa shape index (κ1) is 14.0. The molecule has 0 aromatic heterocycles. The number of carbonyl (C=O) groups is 1. The molecule has 0 aliphatic heterocycles. The zero-order valence-electron chi connectivity index (χ0n) is 10.8. The lowest BCUT2D eigenvalue weighted by Crippen LogP contribution is -2.32.